The van der Waals surface area contributed by atoms with Gasteiger partial charge in [0, 0.05) is 8.51 Å². The van der Waals surface area contributed by atoms with Crippen molar-refractivity contribution >= 4 is 25.1 Å². The lowest BCUT2D eigenvalue weighted by Crippen LogP contribution is -1.90. The highest BCUT2D eigenvalue weighted by Crippen LogP contribution is 2.29. The molecule has 8 heteroatoms. The molecule has 0 saturated heterocycles. The first kappa shape index (κ1) is 9.82. The van der Waals surface area contributed by atoms with Gasteiger partial charge in [-0.2, -0.15) is 0 Å². The van der Waals surface area contributed by atoms with Gasteiger partial charge in [-0.25, -0.2) is 0 Å². The summed E-state index contributed by atoms with van der Waals surface area (Å²) in [6.07, 6.45) is 0. The molecule has 2 N–H and O–H groups in total. The van der Waals surface area contributed by atoms with Crippen LogP contribution in [0.1, 0.15) is 0 Å². The van der Waals surface area contributed by atoms with Crippen LogP contribution in [-0.2, 0) is 0 Å². The molecule has 0 saturated carbocycles. The summed E-state index contributed by atoms with van der Waals surface area (Å²) in [5.74, 6) is 0.725. The Morgan fingerprint density at radius 3 is 3.00 bits per heavy atom. The van der Waals surface area contributed by atoms with Crippen molar-refractivity contribution in [3.63, 3.8) is 0 Å². The van der Waals surface area contributed by atoms with Crippen LogP contribution in [0, 0.1) is 0 Å². The van der Waals surface area contributed by atoms with Crippen molar-refractivity contribution in [3.05, 3.63) is 30.3 Å². The summed E-state index contributed by atoms with van der Waals surface area (Å²) in [5, 5.41) is 9.42. The predicted octanol–water partition coefficient (Wildman–Crippen LogP) is 3.01. The Hall–Kier alpha value is -0.720. The average Bonchev–Trinajstić information content (AvgIpc) is 2.23. The molecule has 14 heavy (non-hydrogen) atoms. The zero-order valence-corrected chi connectivity index (χ0v) is 9.82. The van der Waals surface area contributed by atoms with Crippen molar-refractivity contribution in [2.75, 3.05) is 0 Å². The number of aromatic amines is 1. The maximum Gasteiger partial charge on any atom is 0.291 e. The second-order valence-corrected chi connectivity index (χ2v) is 6.26. The third-order valence-corrected chi connectivity index (χ3v) is 4.89. The molecule has 0 bridgehead atoms. The van der Waals surface area contributed by atoms with Crippen molar-refractivity contribution in [1.82, 2.24) is 13.3 Å². The lowest BCUT2D eigenvalue weighted by molar-refractivity contribution is 0.241. The number of nitrogens with zero attached hydrogens (tertiary/aromatic N) is 2. The second-order valence-electron chi connectivity index (χ2n) is 2.36. The molecule has 5 nitrogen and oxygen atoms in total. The number of para-hydroxylation sites is 1. The topological polar surface area (TPSA) is 63.1 Å². The van der Waals surface area contributed by atoms with E-state index in [1.807, 2.05) is 30.3 Å². The van der Waals surface area contributed by atoms with Crippen molar-refractivity contribution < 1.29 is 9.73 Å². The van der Waals surface area contributed by atoms with E-state index in [2.05, 4.69) is 9.02 Å². The van der Waals surface area contributed by atoms with E-state index in [1.165, 1.54) is 0 Å². The first-order chi connectivity index (χ1) is 6.86. The molecule has 0 aliphatic heterocycles. The first-order valence-electron chi connectivity index (χ1n) is 3.79. The summed E-state index contributed by atoms with van der Waals surface area (Å²) < 4.78 is 13.6. The van der Waals surface area contributed by atoms with Gasteiger partial charge >= 0.3 is 0 Å². The van der Waals surface area contributed by atoms with Crippen molar-refractivity contribution in [1.29, 1.82) is 0 Å². The van der Waals surface area contributed by atoms with Crippen LogP contribution in [-0.4, -0.2) is 18.5 Å². The van der Waals surface area contributed by atoms with Crippen LogP contribution >= 0.6 is 25.1 Å². The molecule has 74 valence electrons. The number of benzene rings is 1. The van der Waals surface area contributed by atoms with E-state index in [9.17, 15) is 5.21 Å². The molecule has 0 amide bonds. The van der Waals surface area contributed by atoms with Crippen molar-refractivity contribution in [2.45, 2.75) is 0 Å². The van der Waals surface area contributed by atoms with Crippen molar-refractivity contribution in [3.8, 4) is 5.75 Å². The Balaban J connectivity index is 2.24. The van der Waals surface area contributed by atoms with Crippen LogP contribution in [0.15, 0.2) is 30.3 Å². The fourth-order valence-corrected chi connectivity index (χ4v) is 4.33. The van der Waals surface area contributed by atoms with E-state index in [-0.39, 0.29) is 8.51 Å². The van der Waals surface area contributed by atoms with Crippen LogP contribution in [0.5, 0.6) is 5.75 Å². The Bertz CT molecular complexity index is 428. The van der Waals surface area contributed by atoms with Gasteiger partial charge in [-0.3, -0.25) is 9.72 Å². The van der Waals surface area contributed by atoms with Gasteiger partial charge in [-0.05, 0) is 12.1 Å². The molecule has 0 radical (unpaired) electrons. The van der Waals surface area contributed by atoms with Gasteiger partial charge < -0.3 is 4.52 Å². The molecule has 1 aromatic heterocycles. The lowest BCUT2D eigenvalue weighted by atomic mass is 10.3. The summed E-state index contributed by atoms with van der Waals surface area (Å²) in [5.41, 5.74) is 0. The molecule has 2 atom stereocenters. The maximum absolute atomic E-state index is 9.42. The molecule has 0 aliphatic carbocycles. The molecular weight excluding hydrogens is 239 g/mol. The average molecular weight is 247 g/mol. The Morgan fingerprint density at radius 1 is 1.50 bits per heavy atom. The van der Waals surface area contributed by atoms with E-state index < -0.39 is 8.08 Å². The Morgan fingerprint density at radius 2 is 2.29 bits per heavy atom. The highest BCUT2D eigenvalue weighted by molar-refractivity contribution is 7.51. The molecule has 0 fully saturated rings. The van der Waals surface area contributed by atoms with Crippen LogP contribution in [0.25, 0.3) is 0 Å². The quantitative estimate of drug-likeness (QED) is 0.801. The minimum atomic E-state index is -1.26. The second kappa shape index (κ2) is 4.68. The third kappa shape index (κ3) is 2.40. The van der Waals surface area contributed by atoms with Gasteiger partial charge in [0.1, 0.15) is 14.3 Å². The number of aromatic nitrogens is 3. The standard InChI is InChI=1S/C6H8N3O2P3/c10-9-13-7-12-8-14(9)11-6-4-2-1-3-5-6/h1-5,10,13H,(H,7,8). The summed E-state index contributed by atoms with van der Waals surface area (Å²) in [6.45, 7) is 0. The number of hydrogen-bond acceptors (Lipinski definition) is 3. The number of hydrogen-bond donors (Lipinski definition) is 2. The molecule has 1 heterocycles. The molecular formula is C6H8N3O2P3. The fourth-order valence-electron chi connectivity index (χ4n) is 0.841. The molecule has 0 spiro atoms. The van der Waals surface area contributed by atoms with E-state index >= 15 is 0 Å². The van der Waals surface area contributed by atoms with Crippen molar-refractivity contribution in [2.24, 2.45) is 0 Å². The molecule has 0 aliphatic rings. The largest absolute Gasteiger partial charge is 0.415 e. The van der Waals surface area contributed by atoms with Crippen LogP contribution in [0.2, 0.25) is 0 Å². The van der Waals surface area contributed by atoms with Crippen LogP contribution < -0.4 is 4.52 Å². The number of rotatable bonds is 2. The highest BCUT2D eigenvalue weighted by atomic mass is 31.2. The van der Waals surface area contributed by atoms with Gasteiger partial charge in [0.2, 0.25) is 0 Å². The van der Waals surface area contributed by atoms with E-state index in [1.54, 1.807) is 0 Å². The van der Waals surface area contributed by atoms with Gasteiger partial charge in [-0.1, -0.05) is 18.2 Å². The fraction of sp³-hybridized carbons (Fsp3) is 0. The van der Waals surface area contributed by atoms with Gasteiger partial charge in [0.05, 0.1) is 0 Å². The number of H-pyrrole nitrogens is 1. The molecule has 2 rings (SSSR count). The van der Waals surface area contributed by atoms with E-state index in [4.69, 9.17) is 4.52 Å². The van der Waals surface area contributed by atoms with Gasteiger partial charge in [0.15, 0.2) is 0 Å². The highest BCUT2D eigenvalue weighted by Gasteiger charge is 2.00. The minimum Gasteiger partial charge on any atom is -0.415 e. The SMILES string of the molecule is On1[pH][nH]pnp1Oc1ccccc1. The van der Waals surface area contributed by atoms with Gasteiger partial charge in [0.25, 0.3) is 8.08 Å². The molecule has 1 aromatic carbocycles. The minimum absolute atomic E-state index is 0.144. The van der Waals surface area contributed by atoms with E-state index in [0.29, 0.717) is 0 Å². The Kier molecular flexibility index (Phi) is 3.28. The summed E-state index contributed by atoms with van der Waals surface area (Å²) >= 11 is 0. The van der Waals surface area contributed by atoms with Crippen LogP contribution in [0.3, 0.4) is 0 Å². The normalized spacial score (nSPS) is 12.2. The summed E-state index contributed by atoms with van der Waals surface area (Å²) in [7, 11) is -0.351. The Labute approximate surface area is 84.7 Å². The zero-order valence-electron chi connectivity index (χ0n) is 7.03. The third-order valence-electron chi connectivity index (χ3n) is 1.41. The van der Waals surface area contributed by atoms with Crippen LogP contribution in [0.4, 0.5) is 0 Å². The maximum atomic E-state index is 9.42. The smallest absolute Gasteiger partial charge is 0.291 e. The monoisotopic (exact) mass is 247 g/mol. The predicted molar refractivity (Wildman–Crippen MR) is 58.6 cm³/mol. The first-order valence-corrected chi connectivity index (χ1v) is 6.75. The van der Waals surface area contributed by atoms with Gasteiger partial charge in [-0.15, -0.1) is 8.76 Å². The zero-order chi connectivity index (χ0) is 9.80. The van der Waals surface area contributed by atoms with E-state index in [0.717, 1.165) is 18.5 Å². The molecule has 2 aromatic rings. The number of nitrogens with one attached hydrogen (secondary N) is 1. The lowest BCUT2D eigenvalue weighted by Gasteiger charge is -2.06. The summed E-state index contributed by atoms with van der Waals surface area (Å²) in [4.78, 5) is 0. The summed E-state index contributed by atoms with van der Waals surface area (Å²) in [6, 6.07) is 9.36. The molecule has 2 unspecified atom stereocenters.